The second kappa shape index (κ2) is 5.32. The van der Waals surface area contributed by atoms with Crippen LogP contribution in [0.3, 0.4) is 0 Å². The molecule has 1 atom stereocenters. The van der Waals surface area contributed by atoms with Crippen molar-refractivity contribution in [3.05, 3.63) is 52.2 Å². The molecule has 1 unspecified atom stereocenters. The van der Waals surface area contributed by atoms with Crippen molar-refractivity contribution >= 4 is 5.91 Å². The highest BCUT2D eigenvalue weighted by Gasteiger charge is 2.26. The van der Waals surface area contributed by atoms with Crippen LogP contribution < -0.4 is 5.56 Å². The lowest BCUT2D eigenvalue weighted by Gasteiger charge is -2.32. The first kappa shape index (κ1) is 12.7. The molecule has 1 fully saturated rings. The molecule has 1 amide bonds. The van der Waals surface area contributed by atoms with Gasteiger partial charge >= 0.3 is 0 Å². The van der Waals surface area contributed by atoms with Gasteiger partial charge in [0.05, 0.1) is 5.56 Å². The van der Waals surface area contributed by atoms with Crippen LogP contribution in [0.2, 0.25) is 0 Å². The average molecular weight is 272 g/mol. The van der Waals surface area contributed by atoms with E-state index in [9.17, 15) is 9.59 Å². The first-order chi connectivity index (χ1) is 9.74. The van der Waals surface area contributed by atoms with Crippen LogP contribution in [0.15, 0.2) is 35.4 Å². The fourth-order valence-corrected chi connectivity index (χ4v) is 2.64. The average Bonchev–Trinajstić information content (AvgIpc) is 3.02. The van der Waals surface area contributed by atoms with Gasteiger partial charge in [0.25, 0.3) is 5.91 Å². The molecule has 0 saturated carbocycles. The number of nitrogens with zero attached hydrogens (tertiary/aromatic N) is 2. The van der Waals surface area contributed by atoms with Gasteiger partial charge in [0.2, 0.25) is 5.56 Å². The molecule has 6 nitrogen and oxygen atoms in total. The summed E-state index contributed by atoms with van der Waals surface area (Å²) in [6.45, 7) is 1.43. The number of likely N-dealkylation sites (tertiary alicyclic amines) is 1. The van der Waals surface area contributed by atoms with Crippen LogP contribution >= 0.6 is 0 Å². The Morgan fingerprint density at radius 1 is 1.35 bits per heavy atom. The number of hydrogen-bond acceptors (Lipinski definition) is 3. The Morgan fingerprint density at radius 3 is 2.95 bits per heavy atom. The predicted molar refractivity (Wildman–Crippen MR) is 73.5 cm³/mol. The van der Waals surface area contributed by atoms with Gasteiger partial charge in [-0.2, -0.15) is 5.10 Å². The van der Waals surface area contributed by atoms with Crippen molar-refractivity contribution < 1.29 is 4.79 Å². The first-order valence-corrected chi connectivity index (χ1v) is 6.71. The second-order valence-electron chi connectivity index (χ2n) is 5.04. The van der Waals surface area contributed by atoms with Gasteiger partial charge in [-0.15, -0.1) is 0 Å². The summed E-state index contributed by atoms with van der Waals surface area (Å²) in [6, 6.07) is 4.91. The lowest BCUT2D eigenvalue weighted by Crippen LogP contribution is -2.39. The van der Waals surface area contributed by atoms with E-state index in [2.05, 4.69) is 15.2 Å². The third-order valence-corrected chi connectivity index (χ3v) is 3.70. The zero-order valence-corrected chi connectivity index (χ0v) is 11.0. The first-order valence-electron chi connectivity index (χ1n) is 6.71. The topological polar surface area (TPSA) is 81.8 Å². The maximum atomic E-state index is 12.4. The zero-order chi connectivity index (χ0) is 13.9. The largest absolute Gasteiger partial charge is 0.338 e. The predicted octanol–water partition coefficient (Wildman–Crippen LogP) is 1.12. The maximum absolute atomic E-state index is 12.4. The van der Waals surface area contributed by atoms with Crippen LogP contribution in [0.5, 0.6) is 0 Å². The zero-order valence-electron chi connectivity index (χ0n) is 11.0. The summed E-state index contributed by atoms with van der Waals surface area (Å²) in [5, 5.41) is 6.95. The molecule has 0 aromatic carbocycles. The third kappa shape index (κ3) is 2.49. The monoisotopic (exact) mass is 272 g/mol. The number of carbonyl (C=O) groups excluding carboxylic acids is 1. The molecule has 2 N–H and O–H groups in total. The normalized spacial score (nSPS) is 19.0. The molecule has 2 aromatic rings. The van der Waals surface area contributed by atoms with Gasteiger partial charge in [-0.1, -0.05) is 0 Å². The molecule has 1 saturated heterocycles. The molecule has 20 heavy (non-hydrogen) atoms. The molecule has 3 rings (SSSR count). The van der Waals surface area contributed by atoms with Crippen molar-refractivity contribution in [1.82, 2.24) is 20.1 Å². The van der Waals surface area contributed by atoms with Gasteiger partial charge in [-0.25, -0.2) is 0 Å². The second-order valence-corrected chi connectivity index (χ2v) is 5.04. The minimum Gasteiger partial charge on any atom is -0.338 e. The molecule has 2 aromatic heterocycles. The Kier molecular flexibility index (Phi) is 3.37. The molecule has 0 spiro atoms. The molecule has 0 aliphatic carbocycles. The van der Waals surface area contributed by atoms with Crippen molar-refractivity contribution in [2.75, 3.05) is 13.1 Å². The van der Waals surface area contributed by atoms with Crippen LogP contribution in [0.4, 0.5) is 0 Å². The van der Waals surface area contributed by atoms with Gasteiger partial charge in [-0.05, 0) is 25.0 Å². The number of nitrogens with one attached hydrogen (secondary N) is 2. The smallest absolute Gasteiger partial charge is 0.255 e. The fraction of sp³-hybridized carbons (Fsp3) is 0.357. The summed E-state index contributed by atoms with van der Waals surface area (Å²) in [6.07, 6.45) is 5.24. The number of aromatic amines is 2. The van der Waals surface area contributed by atoms with Gasteiger partial charge in [-0.3, -0.25) is 14.7 Å². The number of aromatic nitrogens is 3. The minimum atomic E-state index is -0.199. The summed E-state index contributed by atoms with van der Waals surface area (Å²) >= 11 is 0. The van der Waals surface area contributed by atoms with Crippen LogP contribution in [0, 0.1) is 0 Å². The summed E-state index contributed by atoms with van der Waals surface area (Å²) in [5.74, 6) is 0.267. The number of piperidine rings is 1. The van der Waals surface area contributed by atoms with E-state index in [0.29, 0.717) is 18.0 Å². The van der Waals surface area contributed by atoms with Crippen molar-refractivity contribution in [1.29, 1.82) is 0 Å². The summed E-state index contributed by atoms with van der Waals surface area (Å²) in [4.78, 5) is 27.8. The van der Waals surface area contributed by atoms with Crippen molar-refractivity contribution in [2.24, 2.45) is 0 Å². The highest BCUT2D eigenvalue weighted by atomic mass is 16.2. The summed E-state index contributed by atoms with van der Waals surface area (Å²) in [7, 11) is 0. The molecule has 1 aliphatic rings. The number of H-pyrrole nitrogens is 2. The van der Waals surface area contributed by atoms with Crippen LogP contribution in [-0.4, -0.2) is 39.1 Å². The van der Waals surface area contributed by atoms with E-state index >= 15 is 0 Å². The fourth-order valence-electron chi connectivity index (χ4n) is 2.64. The van der Waals surface area contributed by atoms with E-state index in [1.807, 2.05) is 11.0 Å². The van der Waals surface area contributed by atoms with Crippen LogP contribution in [-0.2, 0) is 0 Å². The van der Waals surface area contributed by atoms with Gasteiger partial charge in [0.15, 0.2) is 0 Å². The van der Waals surface area contributed by atoms with E-state index in [4.69, 9.17) is 0 Å². The maximum Gasteiger partial charge on any atom is 0.255 e. The molecule has 1 aliphatic heterocycles. The Balaban J connectivity index is 1.75. The molecule has 0 bridgehead atoms. The molecule has 3 heterocycles. The van der Waals surface area contributed by atoms with Crippen molar-refractivity contribution in [2.45, 2.75) is 18.8 Å². The number of rotatable bonds is 2. The minimum absolute atomic E-state index is 0.0366. The van der Waals surface area contributed by atoms with E-state index in [1.54, 1.807) is 12.3 Å². The molecule has 0 radical (unpaired) electrons. The van der Waals surface area contributed by atoms with E-state index in [-0.39, 0.29) is 11.5 Å². The van der Waals surface area contributed by atoms with Gasteiger partial charge < -0.3 is 9.88 Å². The lowest BCUT2D eigenvalue weighted by molar-refractivity contribution is 0.0705. The van der Waals surface area contributed by atoms with Crippen molar-refractivity contribution in [3.8, 4) is 0 Å². The Labute approximate surface area is 115 Å². The van der Waals surface area contributed by atoms with Crippen LogP contribution in [0.1, 0.15) is 34.8 Å². The van der Waals surface area contributed by atoms with Crippen molar-refractivity contribution in [3.63, 3.8) is 0 Å². The summed E-state index contributed by atoms with van der Waals surface area (Å²) in [5.41, 5.74) is 1.40. The lowest BCUT2D eigenvalue weighted by atomic mass is 9.94. The molecule has 6 heteroatoms. The standard InChI is InChI=1S/C14H16N4O2/c19-13-4-3-10(8-15-13)14(20)18-7-1-2-11(9-18)12-5-6-16-17-12/h3-6,8,11H,1-2,7,9H2,(H,15,19)(H,16,17). The number of pyridine rings is 1. The highest BCUT2D eigenvalue weighted by molar-refractivity contribution is 5.93. The quantitative estimate of drug-likeness (QED) is 0.859. The highest BCUT2D eigenvalue weighted by Crippen LogP contribution is 2.25. The number of hydrogen-bond donors (Lipinski definition) is 2. The van der Waals surface area contributed by atoms with Crippen LogP contribution in [0.25, 0.3) is 0 Å². The van der Waals surface area contributed by atoms with Gasteiger partial charge in [0, 0.05) is 43.2 Å². The number of amides is 1. The van der Waals surface area contributed by atoms with Gasteiger partial charge in [0.1, 0.15) is 0 Å². The molecular weight excluding hydrogens is 256 g/mol. The SMILES string of the molecule is O=C(c1ccc(=O)[nH]c1)N1CCCC(c2ccn[nH]2)C1. The van der Waals surface area contributed by atoms with E-state index in [1.165, 1.54) is 12.3 Å². The third-order valence-electron chi connectivity index (χ3n) is 3.70. The van der Waals surface area contributed by atoms with E-state index in [0.717, 1.165) is 25.1 Å². The Bertz CT molecular complexity index is 627. The Hall–Kier alpha value is -2.37. The number of carbonyl (C=O) groups is 1. The molecular formula is C14H16N4O2. The Morgan fingerprint density at radius 2 is 2.25 bits per heavy atom. The summed E-state index contributed by atoms with van der Waals surface area (Å²) < 4.78 is 0. The molecule has 104 valence electrons. The van der Waals surface area contributed by atoms with E-state index < -0.39 is 0 Å².